The molecule has 2 heterocycles. The summed E-state index contributed by atoms with van der Waals surface area (Å²) in [5.74, 6) is 0.804. The molecule has 6 nitrogen and oxygen atoms in total. The van der Waals surface area contributed by atoms with Crippen LogP contribution in [0.3, 0.4) is 0 Å². The third-order valence-corrected chi connectivity index (χ3v) is 5.63. The lowest BCUT2D eigenvalue weighted by Crippen LogP contribution is -2.36. The van der Waals surface area contributed by atoms with Gasteiger partial charge in [-0.2, -0.15) is 0 Å². The van der Waals surface area contributed by atoms with Crippen molar-refractivity contribution in [2.45, 2.75) is 18.4 Å². The van der Waals surface area contributed by atoms with Gasteiger partial charge in [0, 0.05) is 6.54 Å². The molecule has 1 N–H and O–H groups in total. The fourth-order valence-electron chi connectivity index (χ4n) is 3.18. The van der Waals surface area contributed by atoms with E-state index < -0.39 is 10.0 Å². The third-order valence-electron chi connectivity index (χ3n) is 4.31. The van der Waals surface area contributed by atoms with Crippen molar-refractivity contribution in [3.8, 4) is 0 Å². The van der Waals surface area contributed by atoms with Crippen LogP contribution >= 0.6 is 0 Å². The van der Waals surface area contributed by atoms with Crippen LogP contribution in [-0.2, 0) is 27.1 Å². The number of nitrogens with one attached hydrogen (secondary N) is 1. The molecule has 0 amide bonds. The van der Waals surface area contributed by atoms with Crippen molar-refractivity contribution in [1.29, 1.82) is 0 Å². The second kappa shape index (κ2) is 6.59. The van der Waals surface area contributed by atoms with E-state index in [9.17, 15) is 8.42 Å². The lowest BCUT2D eigenvalue weighted by atomic mass is 10.2. The van der Waals surface area contributed by atoms with E-state index in [-0.39, 0.29) is 18.3 Å². The summed E-state index contributed by atoms with van der Waals surface area (Å²) in [7, 11) is -3.41. The molecule has 4 rings (SSSR count). The monoisotopic (exact) mass is 357 g/mol. The maximum atomic E-state index is 12.4. The number of ether oxygens (including phenoxy) is 1. The Balaban J connectivity index is 1.53. The summed E-state index contributed by atoms with van der Waals surface area (Å²) in [5.41, 5.74) is 2.68. The minimum absolute atomic E-state index is 0.0288. The first-order chi connectivity index (χ1) is 12.1. The molecule has 2 aromatic carbocycles. The smallest absolute Gasteiger partial charge is 0.215 e. The highest BCUT2D eigenvalue weighted by Gasteiger charge is 2.25. The van der Waals surface area contributed by atoms with Crippen LogP contribution in [0.5, 0.6) is 0 Å². The molecule has 1 unspecified atom stereocenters. The Hall–Kier alpha value is -2.22. The number of benzene rings is 2. The molecule has 0 fully saturated rings. The largest absolute Gasteiger partial charge is 0.371 e. The van der Waals surface area contributed by atoms with Crippen molar-refractivity contribution < 1.29 is 13.2 Å². The summed E-state index contributed by atoms with van der Waals surface area (Å²) in [6.07, 6.45) is 0. The third kappa shape index (κ3) is 3.44. The van der Waals surface area contributed by atoms with E-state index in [4.69, 9.17) is 4.74 Å². The molecule has 0 spiro atoms. The van der Waals surface area contributed by atoms with Gasteiger partial charge in [0.15, 0.2) is 0 Å². The number of hydrogen-bond donors (Lipinski definition) is 1. The normalized spacial score (nSPS) is 17.5. The first kappa shape index (κ1) is 16.3. The van der Waals surface area contributed by atoms with Gasteiger partial charge >= 0.3 is 0 Å². The highest BCUT2D eigenvalue weighted by Crippen LogP contribution is 2.25. The van der Waals surface area contributed by atoms with Crippen molar-refractivity contribution in [2.24, 2.45) is 0 Å². The number of rotatable bonds is 5. The average molecular weight is 357 g/mol. The summed E-state index contributed by atoms with van der Waals surface area (Å²) in [6.45, 7) is 1.19. The molecule has 0 aliphatic carbocycles. The Morgan fingerprint density at radius 2 is 1.88 bits per heavy atom. The van der Waals surface area contributed by atoms with Gasteiger partial charge < -0.3 is 9.30 Å². The van der Waals surface area contributed by atoms with Gasteiger partial charge in [-0.05, 0) is 17.7 Å². The molecule has 0 bridgehead atoms. The van der Waals surface area contributed by atoms with Crippen LogP contribution in [0.2, 0.25) is 0 Å². The summed E-state index contributed by atoms with van der Waals surface area (Å²) in [5, 5.41) is 0. The first-order valence-corrected chi connectivity index (χ1v) is 9.82. The Bertz CT molecular complexity index is 983. The molecule has 0 radical (unpaired) electrons. The van der Waals surface area contributed by atoms with Gasteiger partial charge in [0.2, 0.25) is 10.0 Å². The second-order valence-corrected chi connectivity index (χ2v) is 7.96. The van der Waals surface area contributed by atoms with Gasteiger partial charge in [-0.15, -0.1) is 0 Å². The fourth-order valence-corrected chi connectivity index (χ4v) is 4.36. The number of aromatic nitrogens is 2. The lowest BCUT2D eigenvalue weighted by molar-refractivity contribution is 0.0581. The van der Waals surface area contributed by atoms with Gasteiger partial charge in [-0.3, -0.25) is 0 Å². The number of fused-ring (bicyclic) bond motifs is 3. The molecular formula is C18H19N3O3S. The first-order valence-electron chi connectivity index (χ1n) is 8.17. The van der Waals surface area contributed by atoms with Crippen molar-refractivity contribution in [2.75, 3.05) is 13.2 Å². The molecule has 7 heteroatoms. The van der Waals surface area contributed by atoms with Crippen molar-refractivity contribution in [3.63, 3.8) is 0 Å². The van der Waals surface area contributed by atoms with E-state index in [1.54, 1.807) is 0 Å². The Morgan fingerprint density at radius 1 is 1.12 bits per heavy atom. The van der Waals surface area contributed by atoms with Crippen molar-refractivity contribution in [1.82, 2.24) is 14.3 Å². The minimum Gasteiger partial charge on any atom is -0.371 e. The van der Waals surface area contributed by atoms with Crippen LogP contribution in [-0.4, -0.2) is 31.1 Å². The van der Waals surface area contributed by atoms with Crippen LogP contribution in [0.4, 0.5) is 0 Å². The van der Waals surface area contributed by atoms with Gasteiger partial charge in [0.05, 0.1) is 29.4 Å². The molecule has 0 saturated heterocycles. The molecule has 25 heavy (non-hydrogen) atoms. The maximum absolute atomic E-state index is 12.4. The van der Waals surface area contributed by atoms with E-state index in [1.807, 2.05) is 54.6 Å². The van der Waals surface area contributed by atoms with Gasteiger partial charge in [-0.1, -0.05) is 42.5 Å². The molecule has 130 valence electrons. The number of hydrogen-bond acceptors (Lipinski definition) is 4. The molecule has 1 aromatic heterocycles. The zero-order valence-electron chi connectivity index (χ0n) is 13.6. The molecular weight excluding hydrogens is 338 g/mol. The minimum atomic E-state index is -3.41. The SMILES string of the molecule is O=S(=O)(Cc1ccccc1)NCC1COCc2nc3ccccc3n21. The van der Waals surface area contributed by atoms with Crippen LogP contribution < -0.4 is 4.72 Å². The van der Waals surface area contributed by atoms with E-state index >= 15 is 0 Å². The number of sulfonamides is 1. The Kier molecular flexibility index (Phi) is 4.29. The van der Waals surface area contributed by atoms with Crippen LogP contribution in [0, 0.1) is 0 Å². The Morgan fingerprint density at radius 3 is 2.72 bits per heavy atom. The average Bonchev–Trinajstić information content (AvgIpc) is 3.00. The zero-order valence-corrected chi connectivity index (χ0v) is 14.4. The molecule has 1 aliphatic rings. The molecule has 1 atom stereocenters. The quantitative estimate of drug-likeness (QED) is 0.760. The van der Waals surface area contributed by atoms with Gasteiger partial charge in [0.25, 0.3) is 0 Å². The predicted octanol–water partition coefficient (Wildman–Crippen LogP) is 2.23. The van der Waals surface area contributed by atoms with Crippen molar-refractivity contribution in [3.05, 3.63) is 66.0 Å². The lowest BCUT2D eigenvalue weighted by Gasteiger charge is -2.26. The van der Waals surface area contributed by atoms with Crippen LogP contribution in [0.1, 0.15) is 17.4 Å². The summed E-state index contributed by atoms with van der Waals surface area (Å²) in [6, 6.07) is 16.9. The van der Waals surface area contributed by atoms with E-state index in [0.29, 0.717) is 13.2 Å². The van der Waals surface area contributed by atoms with Crippen molar-refractivity contribution >= 4 is 21.1 Å². The van der Waals surface area contributed by atoms with Crippen LogP contribution in [0.25, 0.3) is 11.0 Å². The molecule has 1 aliphatic heterocycles. The van der Waals surface area contributed by atoms with Gasteiger partial charge in [0.1, 0.15) is 12.4 Å². The Labute approximate surface area is 146 Å². The summed E-state index contributed by atoms with van der Waals surface area (Å²) in [4.78, 5) is 4.58. The van der Waals surface area contributed by atoms with E-state index in [0.717, 1.165) is 22.4 Å². The fraction of sp³-hybridized carbons (Fsp3) is 0.278. The highest BCUT2D eigenvalue weighted by atomic mass is 32.2. The standard InChI is InChI=1S/C18H19N3O3S/c22-25(23,13-14-6-2-1-3-7-14)19-10-15-11-24-12-18-20-16-8-4-5-9-17(16)21(15)18/h1-9,15,19H,10-13H2. The maximum Gasteiger partial charge on any atom is 0.215 e. The number of para-hydroxylation sites is 2. The second-order valence-electron chi connectivity index (χ2n) is 6.15. The van der Waals surface area contributed by atoms with Crippen LogP contribution in [0.15, 0.2) is 54.6 Å². The summed E-state index contributed by atoms with van der Waals surface area (Å²) >= 11 is 0. The van der Waals surface area contributed by atoms with Gasteiger partial charge in [-0.25, -0.2) is 18.1 Å². The zero-order chi connectivity index (χ0) is 17.3. The molecule has 0 saturated carbocycles. The topological polar surface area (TPSA) is 73.2 Å². The summed E-state index contributed by atoms with van der Waals surface area (Å²) < 4.78 is 35.2. The highest BCUT2D eigenvalue weighted by molar-refractivity contribution is 7.88. The number of nitrogens with zero attached hydrogens (tertiary/aromatic N) is 2. The van der Waals surface area contributed by atoms with E-state index in [1.165, 1.54) is 0 Å². The molecule has 3 aromatic rings. The number of imidazole rings is 1. The predicted molar refractivity (Wildman–Crippen MR) is 95.5 cm³/mol. The van der Waals surface area contributed by atoms with E-state index in [2.05, 4.69) is 14.3 Å².